The molecule has 0 aliphatic carbocycles. The molecule has 1 aromatic rings. The number of amides is 1. The van der Waals surface area contributed by atoms with Crippen molar-refractivity contribution in [2.24, 2.45) is 5.92 Å². The first-order valence-electron chi connectivity index (χ1n) is 7.04. The zero-order chi connectivity index (χ0) is 15.1. The van der Waals surface area contributed by atoms with Gasteiger partial charge in [0.2, 0.25) is 5.91 Å². The van der Waals surface area contributed by atoms with Crippen molar-refractivity contribution in [3.05, 3.63) is 29.8 Å². The molecule has 0 saturated heterocycles. The highest BCUT2D eigenvalue weighted by atomic mass is 32.2. The number of hydrogen-bond acceptors (Lipinski definition) is 3. The van der Waals surface area contributed by atoms with E-state index in [4.69, 9.17) is 0 Å². The van der Waals surface area contributed by atoms with Crippen molar-refractivity contribution >= 4 is 23.5 Å². The lowest BCUT2D eigenvalue weighted by Crippen LogP contribution is -2.31. The number of hydrogen-bond donors (Lipinski definition) is 0. The summed E-state index contributed by atoms with van der Waals surface area (Å²) in [5.74, 6) is 0.764. The summed E-state index contributed by atoms with van der Waals surface area (Å²) in [6.45, 7) is 9.26. The van der Waals surface area contributed by atoms with E-state index in [1.807, 2.05) is 56.9 Å². The van der Waals surface area contributed by atoms with Crippen LogP contribution in [-0.4, -0.2) is 35.4 Å². The summed E-state index contributed by atoms with van der Waals surface area (Å²) in [4.78, 5) is 26.6. The molecule has 0 fully saturated rings. The molecule has 0 bridgehead atoms. The van der Waals surface area contributed by atoms with Crippen LogP contribution in [-0.2, 0) is 4.79 Å². The molecular formula is C16H23NO2S. The molecular weight excluding hydrogens is 270 g/mol. The fourth-order valence-corrected chi connectivity index (χ4v) is 2.66. The molecule has 0 unspecified atom stereocenters. The lowest BCUT2D eigenvalue weighted by atomic mass is 10.0. The van der Waals surface area contributed by atoms with Crippen molar-refractivity contribution in [2.45, 2.75) is 32.6 Å². The molecule has 0 aliphatic heterocycles. The van der Waals surface area contributed by atoms with E-state index in [1.165, 1.54) is 11.8 Å². The van der Waals surface area contributed by atoms with Gasteiger partial charge in [0.1, 0.15) is 0 Å². The number of carbonyl (C=O) groups excluding carboxylic acids is 2. The number of nitrogens with zero attached hydrogens (tertiary/aromatic N) is 1. The van der Waals surface area contributed by atoms with Crippen LogP contribution in [0.4, 0.5) is 0 Å². The van der Waals surface area contributed by atoms with E-state index in [-0.39, 0.29) is 17.6 Å². The van der Waals surface area contributed by atoms with E-state index >= 15 is 0 Å². The van der Waals surface area contributed by atoms with Gasteiger partial charge in [-0.25, -0.2) is 0 Å². The molecule has 20 heavy (non-hydrogen) atoms. The highest BCUT2D eigenvalue weighted by Crippen LogP contribution is 2.20. The van der Waals surface area contributed by atoms with Gasteiger partial charge in [0.25, 0.3) is 0 Å². The SMILES string of the molecule is CCN(CC)C(=O)CSc1ccc(C(=O)C(C)C)cc1. The second-order valence-electron chi connectivity index (χ2n) is 4.90. The summed E-state index contributed by atoms with van der Waals surface area (Å²) < 4.78 is 0. The molecule has 1 rings (SSSR count). The maximum absolute atomic E-state index is 11.9. The van der Waals surface area contributed by atoms with Crippen LogP contribution in [0.5, 0.6) is 0 Å². The Kier molecular flexibility index (Phi) is 6.79. The van der Waals surface area contributed by atoms with Crippen molar-refractivity contribution in [2.75, 3.05) is 18.8 Å². The van der Waals surface area contributed by atoms with Gasteiger partial charge in [-0.15, -0.1) is 11.8 Å². The number of ketones is 1. The molecule has 1 aromatic carbocycles. The van der Waals surface area contributed by atoms with E-state index in [2.05, 4.69) is 0 Å². The quantitative estimate of drug-likeness (QED) is 0.570. The number of thioether (sulfide) groups is 1. The zero-order valence-corrected chi connectivity index (χ0v) is 13.5. The Morgan fingerprint density at radius 2 is 1.65 bits per heavy atom. The van der Waals surface area contributed by atoms with Gasteiger partial charge in [0, 0.05) is 29.5 Å². The summed E-state index contributed by atoms with van der Waals surface area (Å²) >= 11 is 1.51. The smallest absolute Gasteiger partial charge is 0.232 e. The van der Waals surface area contributed by atoms with Crippen LogP contribution in [0.2, 0.25) is 0 Å². The third-order valence-corrected chi connectivity index (χ3v) is 4.14. The van der Waals surface area contributed by atoms with Crippen LogP contribution < -0.4 is 0 Å². The Labute approximate surface area is 125 Å². The second-order valence-corrected chi connectivity index (χ2v) is 5.95. The van der Waals surface area contributed by atoms with E-state index in [0.717, 1.165) is 23.5 Å². The van der Waals surface area contributed by atoms with Gasteiger partial charge < -0.3 is 4.90 Å². The largest absolute Gasteiger partial charge is 0.343 e. The molecule has 4 heteroatoms. The van der Waals surface area contributed by atoms with Gasteiger partial charge in [0.05, 0.1) is 5.75 Å². The van der Waals surface area contributed by atoms with E-state index in [9.17, 15) is 9.59 Å². The van der Waals surface area contributed by atoms with Gasteiger partial charge in [-0.2, -0.15) is 0 Å². The molecule has 0 spiro atoms. The zero-order valence-electron chi connectivity index (χ0n) is 12.7. The Morgan fingerprint density at radius 3 is 2.10 bits per heavy atom. The third-order valence-electron chi connectivity index (χ3n) is 3.14. The van der Waals surface area contributed by atoms with Gasteiger partial charge in [-0.05, 0) is 26.0 Å². The lowest BCUT2D eigenvalue weighted by molar-refractivity contribution is -0.127. The first kappa shape index (κ1) is 16.8. The van der Waals surface area contributed by atoms with Crippen LogP contribution in [0, 0.1) is 5.92 Å². The monoisotopic (exact) mass is 293 g/mol. The third kappa shape index (κ3) is 4.67. The van der Waals surface area contributed by atoms with Crippen molar-refractivity contribution in [1.29, 1.82) is 0 Å². The molecule has 0 atom stereocenters. The Balaban J connectivity index is 2.58. The predicted molar refractivity (Wildman–Crippen MR) is 84.3 cm³/mol. The number of carbonyl (C=O) groups is 2. The molecule has 0 aliphatic rings. The fraction of sp³-hybridized carbons (Fsp3) is 0.500. The van der Waals surface area contributed by atoms with Crippen molar-refractivity contribution in [3.63, 3.8) is 0 Å². The molecule has 110 valence electrons. The van der Waals surface area contributed by atoms with E-state index in [1.54, 1.807) is 0 Å². The summed E-state index contributed by atoms with van der Waals surface area (Å²) in [5, 5.41) is 0. The first-order chi connectivity index (χ1) is 9.49. The Bertz CT molecular complexity index is 450. The molecule has 0 saturated carbocycles. The molecule has 1 amide bonds. The molecule has 0 aromatic heterocycles. The standard InChI is InChI=1S/C16H23NO2S/c1-5-17(6-2)15(18)11-20-14-9-7-13(8-10-14)16(19)12(3)4/h7-10,12H,5-6,11H2,1-4H3. The molecule has 0 radical (unpaired) electrons. The second kappa shape index (κ2) is 8.10. The summed E-state index contributed by atoms with van der Waals surface area (Å²) in [6, 6.07) is 7.50. The van der Waals surface area contributed by atoms with Gasteiger partial charge in [-0.3, -0.25) is 9.59 Å². The van der Waals surface area contributed by atoms with E-state index < -0.39 is 0 Å². The van der Waals surface area contributed by atoms with Gasteiger partial charge in [0.15, 0.2) is 5.78 Å². The molecule has 0 N–H and O–H groups in total. The first-order valence-corrected chi connectivity index (χ1v) is 8.03. The fourth-order valence-electron chi connectivity index (χ4n) is 1.86. The molecule has 3 nitrogen and oxygen atoms in total. The topological polar surface area (TPSA) is 37.4 Å². The minimum atomic E-state index is 0.0118. The summed E-state index contributed by atoms with van der Waals surface area (Å²) in [6.07, 6.45) is 0. The van der Waals surface area contributed by atoms with Gasteiger partial charge in [-0.1, -0.05) is 26.0 Å². The normalized spacial score (nSPS) is 10.7. The summed E-state index contributed by atoms with van der Waals surface area (Å²) in [7, 11) is 0. The average molecular weight is 293 g/mol. The maximum Gasteiger partial charge on any atom is 0.232 e. The molecule has 0 heterocycles. The van der Waals surface area contributed by atoms with E-state index in [0.29, 0.717) is 5.75 Å². The van der Waals surface area contributed by atoms with Crippen LogP contribution in [0.25, 0.3) is 0 Å². The van der Waals surface area contributed by atoms with Crippen molar-refractivity contribution in [3.8, 4) is 0 Å². The number of benzene rings is 1. The number of rotatable bonds is 7. The average Bonchev–Trinajstić information content (AvgIpc) is 2.46. The minimum absolute atomic E-state index is 0.0118. The lowest BCUT2D eigenvalue weighted by Gasteiger charge is -2.18. The summed E-state index contributed by atoms with van der Waals surface area (Å²) in [5.41, 5.74) is 0.736. The van der Waals surface area contributed by atoms with Crippen LogP contribution in [0.3, 0.4) is 0 Å². The van der Waals surface area contributed by atoms with Crippen LogP contribution in [0.1, 0.15) is 38.1 Å². The highest BCUT2D eigenvalue weighted by Gasteiger charge is 2.12. The van der Waals surface area contributed by atoms with Crippen molar-refractivity contribution < 1.29 is 9.59 Å². The van der Waals surface area contributed by atoms with Crippen LogP contribution in [0.15, 0.2) is 29.2 Å². The Hall–Kier alpha value is -1.29. The maximum atomic E-state index is 11.9. The Morgan fingerprint density at radius 1 is 1.10 bits per heavy atom. The van der Waals surface area contributed by atoms with Crippen molar-refractivity contribution in [1.82, 2.24) is 4.90 Å². The number of Topliss-reactive ketones (excluding diaryl/α,β-unsaturated/α-hetero) is 1. The highest BCUT2D eigenvalue weighted by molar-refractivity contribution is 8.00. The van der Waals surface area contributed by atoms with Crippen LogP contribution >= 0.6 is 11.8 Å². The predicted octanol–water partition coefficient (Wildman–Crippen LogP) is 3.49. The minimum Gasteiger partial charge on any atom is -0.343 e. The van der Waals surface area contributed by atoms with Gasteiger partial charge >= 0.3 is 0 Å².